The van der Waals surface area contributed by atoms with E-state index in [1.807, 2.05) is 13.8 Å². The van der Waals surface area contributed by atoms with Gasteiger partial charge in [-0.25, -0.2) is 4.39 Å². The van der Waals surface area contributed by atoms with Gasteiger partial charge in [-0.1, -0.05) is 11.6 Å². The quantitative estimate of drug-likeness (QED) is 0.836. The van der Waals surface area contributed by atoms with Gasteiger partial charge in [-0.3, -0.25) is 0 Å². The van der Waals surface area contributed by atoms with E-state index in [4.69, 9.17) is 26.8 Å². The second-order valence-corrected chi connectivity index (χ2v) is 4.98. The summed E-state index contributed by atoms with van der Waals surface area (Å²) >= 11 is 5.80. The van der Waals surface area contributed by atoms with Crippen LogP contribution in [0.5, 0.6) is 17.2 Å². The third kappa shape index (κ3) is 3.54. The predicted octanol–water partition coefficient (Wildman–Crippen LogP) is 4.64. The second kappa shape index (κ2) is 6.01. The summed E-state index contributed by atoms with van der Waals surface area (Å²) in [5, 5.41) is 0.605. The van der Waals surface area contributed by atoms with E-state index in [0.717, 1.165) is 0 Å². The van der Waals surface area contributed by atoms with Gasteiger partial charge in [0.25, 0.3) is 0 Å². The van der Waals surface area contributed by atoms with Gasteiger partial charge in [0.05, 0.1) is 11.8 Å². The summed E-state index contributed by atoms with van der Waals surface area (Å²) in [6, 6.07) is 9.43. The molecule has 0 radical (unpaired) electrons. The third-order valence-electron chi connectivity index (χ3n) is 2.47. The molecule has 0 unspecified atom stereocenters. The van der Waals surface area contributed by atoms with Gasteiger partial charge in [0.1, 0.15) is 5.75 Å². The average molecular weight is 296 g/mol. The van der Waals surface area contributed by atoms with Crippen LogP contribution >= 0.6 is 11.6 Å². The smallest absolute Gasteiger partial charge is 0.167 e. The van der Waals surface area contributed by atoms with Crippen molar-refractivity contribution >= 4 is 17.3 Å². The van der Waals surface area contributed by atoms with Gasteiger partial charge in [0, 0.05) is 17.2 Å². The van der Waals surface area contributed by atoms with Crippen LogP contribution in [-0.4, -0.2) is 6.10 Å². The minimum absolute atomic E-state index is 0.109. The summed E-state index contributed by atoms with van der Waals surface area (Å²) in [7, 11) is 0. The number of anilines is 1. The first-order chi connectivity index (χ1) is 9.45. The molecule has 0 aliphatic rings. The molecule has 5 heteroatoms. The number of hydrogen-bond donors (Lipinski definition) is 1. The molecule has 2 aromatic rings. The monoisotopic (exact) mass is 295 g/mol. The van der Waals surface area contributed by atoms with Crippen LogP contribution < -0.4 is 15.2 Å². The molecule has 0 atom stereocenters. The number of rotatable bonds is 4. The molecule has 0 fully saturated rings. The standard InChI is InChI=1S/C15H15ClFNO2/c1-9(2)19-14-8-15(13(18)7-12(14)17)20-11-5-3-10(16)4-6-11/h3-9H,18H2,1-2H3. The number of nitrogens with two attached hydrogens (primary N) is 1. The lowest BCUT2D eigenvalue weighted by Gasteiger charge is -2.14. The Labute approximate surface area is 122 Å². The summed E-state index contributed by atoms with van der Waals surface area (Å²) in [6.45, 7) is 3.63. The molecule has 2 N–H and O–H groups in total. The predicted molar refractivity (Wildman–Crippen MR) is 78.1 cm³/mol. The molecule has 3 nitrogen and oxygen atoms in total. The molecule has 20 heavy (non-hydrogen) atoms. The zero-order chi connectivity index (χ0) is 14.7. The molecule has 0 amide bonds. The number of ether oxygens (including phenoxy) is 2. The molecule has 0 saturated heterocycles. The van der Waals surface area contributed by atoms with Crippen LogP contribution in [0.4, 0.5) is 10.1 Å². The summed E-state index contributed by atoms with van der Waals surface area (Å²) < 4.78 is 24.7. The molecule has 0 saturated carbocycles. The maximum absolute atomic E-state index is 13.7. The van der Waals surface area contributed by atoms with Crippen molar-refractivity contribution in [1.29, 1.82) is 0 Å². The van der Waals surface area contributed by atoms with Crippen molar-refractivity contribution in [3.8, 4) is 17.2 Å². The summed E-state index contributed by atoms with van der Waals surface area (Å²) in [6.07, 6.45) is -0.142. The van der Waals surface area contributed by atoms with E-state index in [9.17, 15) is 4.39 Å². The van der Waals surface area contributed by atoms with E-state index < -0.39 is 5.82 Å². The SMILES string of the molecule is CC(C)Oc1cc(Oc2ccc(Cl)cc2)c(N)cc1F. The fraction of sp³-hybridized carbons (Fsp3) is 0.200. The van der Waals surface area contributed by atoms with Crippen LogP contribution in [0.3, 0.4) is 0 Å². The van der Waals surface area contributed by atoms with Crippen LogP contribution in [0, 0.1) is 5.82 Å². The Bertz CT molecular complexity index is 600. The molecule has 106 valence electrons. The van der Waals surface area contributed by atoms with Gasteiger partial charge in [0.2, 0.25) is 0 Å². The van der Waals surface area contributed by atoms with Crippen LogP contribution in [0.1, 0.15) is 13.8 Å². The lowest BCUT2D eigenvalue weighted by Crippen LogP contribution is -2.07. The van der Waals surface area contributed by atoms with Gasteiger partial charge < -0.3 is 15.2 Å². The Balaban J connectivity index is 2.28. The Morgan fingerprint density at radius 3 is 2.35 bits per heavy atom. The zero-order valence-corrected chi connectivity index (χ0v) is 11.9. The molecule has 0 spiro atoms. The fourth-order valence-corrected chi connectivity index (χ4v) is 1.74. The van der Waals surface area contributed by atoms with Crippen molar-refractivity contribution < 1.29 is 13.9 Å². The maximum atomic E-state index is 13.7. The second-order valence-electron chi connectivity index (χ2n) is 4.54. The van der Waals surface area contributed by atoms with E-state index in [-0.39, 0.29) is 17.5 Å². The highest BCUT2D eigenvalue weighted by molar-refractivity contribution is 6.30. The Morgan fingerprint density at radius 2 is 1.75 bits per heavy atom. The van der Waals surface area contributed by atoms with Crippen molar-refractivity contribution in [3.05, 3.63) is 47.2 Å². The lowest BCUT2D eigenvalue weighted by atomic mass is 10.2. The molecule has 2 rings (SSSR count). The molecule has 0 aromatic heterocycles. The minimum Gasteiger partial charge on any atom is -0.488 e. The highest BCUT2D eigenvalue weighted by Gasteiger charge is 2.12. The lowest BCUT2D eigenvalue weighted by molar-refractivity contribution is 0.230. The molecular weight excluding hydrogens is 281 g/mol. The van der Waals surface area contributed by atoms with Crippen molar-refractivity contribution in [2.24, 2.45) is 0 Å². The van der Waals surface area contributed by atoms with Crippen LogP contribution in [0.2, 0.25) is 5.02 Å². The van der Waals surface area contributed by atoms with Crippen molar-refractivity contribution in [1.82, 2.24) is 0 Å². The zero-order valence-electron chi connectivity index (χ0n) is 11.2. The van der Waals surface area contributed by atoms with Gasteiger partial charge in [-0.15, -0.1) is 0 Å². The molecule has 0 heterocycles. The number of halogens is 2. The molecular formula is C15H15ClFNO2. The third-order valence-corrected chi connectivity index (χ3v) is 2.72. The Hall–Kier alpha value is -1.94. The first-order valence-electron chi connectivity index (χ1n) is 6.15. The van der Waals surface area contributed by atoms with E-state index in [0.29, 0.717) is 16.5 Å². The molecule has 0 aliphatic carbocycles. The van der Waals surface area contributed by atoms with Crippen molar-refractivity contribution in [2.45, 2.75) is 20.0 Å². The van der Waals surface area contributed by atoms with Gasteiger partial charge in [0.15, 0.2) is 17.3 Å². The first kappa shape index (κ1) is 14.5. The van der Waals surface area contributed by atoms with Gasteiger partial charge >= 0.3 is 0 Å². The summed E-state index contributed by atoms with van der Waals surface area (Å²) in [4.78, 5) is 0. The number of benzene rings is 2. The van der Waals surface area contributed by atoms with Crippen LogP contribution in [0.15, 0.2) is 36.4 Å². The topological polar surface area (TPSA) is 44.5 Å². The largest absolute Gasteiger partial charge is 0.488 e. The normalized spacial score (nSPS) is 10.7. The Morgan fingerprint density at radius 1 is 1.10 bits per heavy atom. The Kier molecular flexibility index (Phi) is 4.35. The van der Waals surface area contributed by atoms with Crippen molar-refractivity contribution in [3.63, 3.8) is 0 Å². The highest BCUT2D eigenvalue weighted by atomic mass is 35.5. The average Bonchev–Trinajstić information content (AvgIpc) is 2.37. The van der Waals surface area contributed by atoms with E-state index in [1.54, 1.807) is 24.3 Å². The minimum atomic E-state index is -0.514. The maximum Gasteiger partial charge on any atom is 0.167 e. The fourth-order valence-electron chi connectivity index (χ4n) is 1.61. The van der Waals surface area contributed by atoms with E-state index >= 15 is 0 Å². The van der Waals surface area contributed by atoms with Crippen LogP contribution in [-0.2, 0) is 0 Å². The first-order valence-corrected chi connectivity index (χ1v) is 6.52. The van der Waals surface area contributed by atoms with E-state index in [1.165, 1.54) is 12.1 Å². The molecule has 0 bridgehead atoms. The molecule has 2 aromatic carbocycles. The van der Waals surface area contributed by atoms with Crippen molar-refractivity contribution in [2.75, 3.05) is 5.73 Å². The van der Waals surface area contributed by atoms with Crippen LogP contribution in [0.25, 0.3) is 0 Å². The number of hydrogen-bond acceptors (Lipinski definition) is 3. The van der Waals surface area contributed by atoms with Gasteiger partial charge in [-0.2, -0.15) is 0 Å². The number of nitrogen functional groups attached to an aromatic ring is 1. The summed E-state index contributed by atoms with van der Waals surface area (Å²) in [5.41, 5.74) is 5.95. The molecule has 0 aliphatic heterocycles. The van der Waals surface area contributed by atoms with E-state index in [2.05, 4.69) is 0 Å². The highest BCUT2D eigenvalue weighted by Crippen LogP contribution is 2.34. The van der Waals surface area contributed by atoms with Gasteiger partial charge in [-0.05, 0) is 38.1 Å². The summed E-state index contributed by atoms with van der Waals surface area (Å²) in [5.74, 6) is 0.491.